The van der Waals surface area contributed by atoms with Crippen molar-refractivity contribution in [2.45, 2.75) is 6.54 Å². The molecule has 1 N–H and O–H groups in total. The lowest BCUT2D eigenvalue weighted by Crippen LogP contribution is -3.13. The number of carbonyl (C=O) groups excluding carboxylic acids is 1. The molecule has 0 bridgehead atoms. The average molecular weight is 398 g/mol. The molecule has 0 radical (unpaired) electrons. The number of carbonyl (C=O) groups is 1. The molecule has 23 heavy (non-hydrogen) atoms. The topological polar surface area (TPSA) is 59.6 Å². The first-order valence-corrected chi connectivity index (χ1v) is 9.05. The van der Waals surface area contributed by atoms with Crippen molar-refractivity contribution in [1.82, 2.24) is 14.7 Å². The van der Waals surface area contributed by atoms with Crippen molar-refractivity contribution in [1.29, 1.82) is 0 Å². The summed E-state index contributed by atoms with van der Waals surface area (Å²) in [6.07, 6.45) is 0. The third-order valence-corrected chi connectivity index (χ3v) is 5.61. The van der Waals surface area contributed by atoms with Crippen LogP contribution in [0, 0.1) is 0 Å². The third-order valence-electron chi connectivity index (χ3n) is 3.99. The molecule has 0 spiro atoms. The van der Waals surface area contributed by atoms with E-state index < -0.39 is 0 Å². The molecule has 0 aliphatic carbocycles. The lowest BCUT2D eigenvalue weighted by Gasteiger charge is -2.31. The largest absolute Gasteiger partial charge is 0.328 e. The summed E-state index contributed by atoms with van der Waals surface area (Å²) < 4.78 is 2.35. The van der Waals surface area contributed by atoms with Gasteiger partial charge >= 0.3 is 0 Å². The van der Waals surface area contributed by atoms with Crippen LogP contribution in [0.4, 0.5) is 0 Å². The molecule has 0 aromatic carbocycles. The summed E-state index contributed by atoms with van der Waals surface area (Å²) in [7, 11) is 1.56. The second-order valence-corrected chi connectivity index (χ2v) is 8.15. The Morgan fingerprint density at radius 3 is 2.65 bits per heavy atom. The predicted octanol–water partition coefficient (Wildman–Crippen LogP) is 0.145. The van der Waals surface area contributed by atoms with E-state index in [2.05, 4.69) is 33.2 Å². The van der Waals surface area contributed by atoms with Gasteiger partial charge in [-0.1, -0.05) is 0 Å². The number of hydrogen-bond donors (Lipinski definition) is 1. The van der Waals surface area contributed by atoms with Gasteiger partial charge in [0.1, 0.15) is 12.2 Å². The molecule has 0 saturated carbocycles. The first kappa shape index (κ1) is 16.4. The van der Waals surface area contributed by atoms with E-state index in [4.69, 9.17) is 0 Å². The van der Waals surface area contributed by atoms with Crippen molar-refractivity contribution in [2.24, 2.45) is 7.05 Å². The molecule has 8 heteroatoms. The molecule has 1 aliphatic rings. The number of aromatic nitrogens is 2. The molecule has 0 unspecified atom stereocenters. The fourth-order valence-corrected chi connectivity index (χ4v) is 4.23. The van der Waals surface area contributed by atoms with Gasteiger partial charge in [0.05, 0.1) is 34.8 Å². The summed E-state index contributed by atoms with van der Waals surface area (Å²) in [5.74, 6) is -0.0986. The van der Waals surface area contributed by atoms with Crippen LogP contribution in [-0.2, 0) is 13.6 Å². The molecule has 6 nitrogen and oxygen atoms in total. The summed E-state index contributed by atoms with van der Waals surface area (Å²) in [5.41, 5.74) is 0.121. The number of hydrogen-bond acceptors (Lipinski definition) is 4. The Balaban J connectivity index is 1.58. The smallest absolute Gasteiger partial charge is 0.274 e. The molecular weight excluding hydrogens is 380 g/mol. The second kappa shape index (κ2) is 6.94. The van der Waals surface area contributed by atoms with Crippen LogP contribution < -0.4 is 10.5 Å². The van der Waals surface area contributed by atoms with Crippen molar-refractivity contribution in [3.8, 4) is 0 Å². The molecule has 3 rings (SSSR count). The van der Waals surface area contributed by atoms with Crippen LogP contribution in [0.2, 0.25) is 0 Å². The van der Waals surface area contributed by atoms with Crippen LogP contribution in [-0.4, -0.2) is 46.8 Å². The van der Waals surface area contributed by atoms with E-state index in [-0.39, 0.29) is 11.5 Å². The lowest BCUT2D eigenvalue weighted by molar-refractivity contribution is -0.917. The maximum Gasteiger partial charge on any atom is 0.274 e. The number of rotatable bonds is 3. The van der Waals surface area contributed by atoms with E-state index in [1.165, 1.54) is 26.6 Å². The van der Waals surface area contributed by atoms with Crippen molar-refractivity contribution >= 4 is 33.2 Å². The van der Waals surface area contributed by atoms with Gasteiger partial charge in [0.25, 0.3) is 11.5 Å². The maximum absolute atomic E-state index is 12.5. The van der Waals surface area contributed by atoms with Crippen molar-refractivity contribution in [3.63, 3.8) is 0 Å². The zero-order valence-electron chi connectivity index (χ0n) is 12.8. The zero-order chi connectivity index (χ0) is 16.4. The SMILES string of the molecule is Cn1nc(C(=O)N2CC[NH+](Cc3ccc(Br)s3)CC2)ccc1=O. The zero-order valence-corrected chi connectivity index (χ0v) is 15.2. The highest BCUT2D eigenvalue weighted by molar-refractivity contribution is 9.11. The standard InChI is InChI=1S/C15H17BrN4O2S/c1-18-14(21)5-3-12(17-18)15(22)20-8-6-19(7-9-20)10-11-2-4-13(16)23-11/h2-5H,6-10H2,1H3/p+1. The van der Waals surface area contributed by atoms with E-state index in [0.29, 0.717) is 18.8 Å². The number of nitrogens with one attached hydrogen (secondary N) is 1. The van der Waals surface area contributed by atoms with Crippen LogP contribution in [0.3, 0.4) is 0 Å². The van der Waals surface area contributed by atoms with Gasteiger partial charge in [0, 0.05) is 13.1 Å². The van der Waals surface area contributed by atoms with Gasteiger partial charge in [-0.2, -0.15) is 5.10 Å². The van der Waals surface area contributed by atoms with Gasteiger partial charge < -0.3 is 9.80 Å². The number of amides is 1. The minimum Gasteiger partial charge on any atom is -0.328 e. The highest BCUT2D eigenvalue weighted by Crippen LogP contribution is 2.21. The average Bonchev–Trinajstić information content (AvgIpc) is 2.95. The molecule has 122 valence electrons. The summed E-state index contributed by atoms with van der Waals surface area (Å²) in [6, 6.07) is 7.11. The minimum absolute atomic E-state index is 0.0986. The number of nitrogens with zero attached hydrogens (tertiary/aromatic N) is 3. The van der Waals surface area contributed by atoms with Crippen molar-refractivity contribution in [3.05, 3.63) is 49.0 Å². The Morgan fingerprint density at radius 2 is 2.04 bits per heavy atom. The Labute approximate surface area is 146 Å². The summed E-state index contributed by atoms with van der Waals surface area (Å²) in [4.78, 5) is 28.5. The first-order valence-electron chi connectivity index (χ1n) is 7.44. The minimum atomic E-state index is -0.210. The summed E-state index contributed by atoms with van der Waals surface area (Å²) in [5, 5.41) is 4.04. The number of piperazine rings is 1. The maximum atomic E-state index is 12.5. The van der Waals surface area contributed by atoms with E-state index in [0.717, 1.165) is 23.4 Å². The molecule has 1 saturated heterocycles. The fourth-order valence-electron chi connectivity index (χ4n) is 2.67. The first-order chi connectivity index (χ1) is 11.0. The van der Waals surface area contributed by atoms with Gasteiger partial charge in [-0.05, 0) is 34.1 Å². The predicted molar refractivity (Wildman–Crippen MR) is 91.8 cm³/mol. The van der Waals surface area contributed by atoms with E-state index in [1.54, 1.807) is 18.4 Å². The molecule has 1 amide bonds. The van der Waals surface area contributed by atoms with E-state index in [1.807, 2.05) is 4.90 Å². The normalized spacial score (nSPS) is 15.8. The number of thiophene rings is 1. The quantitative estimate of drug-likeness (QED) is 0.801. The van der Waals surface area contributed by atoms with Gasteiger partial charge in [-0.15, -0.1) is 11.3 Å². The third kappa shape index (κ3) is 3.88. The molecule has 0 atom stereocenters. The molecule has 2 aromatic heterocycles. The fraction of sp³-hybridized carbons (Fsp3) is 0.400. The molecular formula is C15H18BrN4O2S+. The monoisotopic (exact) mass is 397 g/mol. The lowest BCUT2D eigenvalue weighted by atomic mass is 10.2. The molecule has 2 aromatic rings. The van der Waals surface area contributed by atoms with Crippen molar-refractivity contribution < 1.29 is 9.69 Å². The van der Waals surface area contributed by atoms with Crippen molar-refractivity contribution in [2.75, 3.05) is 26.2 Å². The Bertz CT molecular complexity index is 765. The van der Waals surface area contributed by atoms with Gasteiger partial charge in [0.15, 0.2) is 0 Å². The van der Waals surface area contributed by atoms with Crippen LogP contribution >= 0.6 is 27.3 Å². The van der Waals surface area contributed by atoms with E-state index >= 15 is 0 Å². The highest BCUT2D eigenvalue weighted by Gasteiger charge is 2.25. The number of aryl methyl sites for hydroxylation is 1. The van der Waals surface area contributed by atoms with Crippen LogP contribution in [0.15, 0.2) is 32.8 Å². The second-order valence-electron chi connectivity index (χ2n) is 5.61. The van der Waals surface area contributed by atoms with Gasteiger partial charge in [-0.3, -0.25) is 9.59 Å². The number of quaternary nitrogens is 1. The Morgan fingerprint density at radius 1 is 1.30 bits per heavy atom. The van der Waals surface area contributed by atoms with Crippen LogP contribution in [0.25, 0.3) is 0 Å². The molecule has 1 fully saturated rings. The Hall–Kier alpha value is -1.51. The van der Waals surface area contributed by atoms with Crippen LogP contribution in [0.1, 0.15) is 15.4 Å². The molecule has 1 aliphatic heterocycles. The highest BCUT2D eigenvalue weighted by atomic mass is 79.9. The summed E-state index contributed by atoms with van der Waals surface area (Å²) >= 11 is 5.25. The summed E-state index contributed by atoms with van der Waals surface area (Å²) in [6.45, 7) is 4.27. The van der Waals surface area contributed by atoms with Gasteiger partial charge in [-0.25, -0.2) is 4.68 Å². The van der Waals surface area contributed by atoms with Gasteiger partial charge in [0.2, 0.25) is 0 Å². The Kier molecular flexibility index (Phi) is 4.93. The van der Waals surface area contributed by atoms with Crippen LogP contribution in [0.5, 0.6) is 0 Å². The van der Waals surface area contributed by atoms with E-state index in [9.17, 15) is 9.59 Å². The molecule has 3 heterocycles. The number of halogens is 1.